The third kappa shape index (κ3) is 3.82. The van der Waals surface area contributed by atoms with Crippen LogP contribution >= 0.6 is 0 Å². The maximum atomic E-state index is 12.0. The maximum absolute atomic E-state index is 12.0. The van der Waals surface area contributed by atoms with Gasteiger partial charge in [0.1, 0.15) is 0 Å². The van der Waals surface area contributed by atoms with Crippen molar-refractivity contribution < 1.29 is 14.3 Å². The number of hydrogen-bond donors (Lipinski definition) is 2. The van der Waals surface area contributed by atoms with E-state index in [0.717, 1.165) is 25.7 Å². The number of aliphatic hydroxyl groups is 1. The molecule has 2 unspecified atom stereocenters. The van der Waals surface area contributed by atoms with Crippen LogP contribution in [0.2, 0.25) is 0 Å². The van der Waals surface area contributed by atoms with Crippen molar-refractivity contribution in [3.63, 3.8) is 0 Å². The molecule has 1 aliphatic carbocycles. The van der Waals surface area contributed by atoms with Crippen molar-refractivity contribution in [1.29, 1.82) is 0 Å². The molecule has 1 amide bonds. The minimum Gasteiger partial charge on any atom is -0.408 e. The summed E-state index contributed by atoms with van der Waals surface area (Å²) in [5.74, 6) is -0.170. The second-order valence-corrected chi connectivity index (χ2v) is 6.23. The largest absolute Gasteiger partial charge is 0.419 e. The number of carbonyl (C=O) groups excluding carboxylic acids is 1. The monoisotopic (exact) mass is 318 g/mol. The first-order valence-electron chi connectivity index (χ1n) is 8.16. The van der Waals surface area contributed by atoms with Crippen LogP contribution in [0, 0.1) is 5.92 Å². The second kappa shape index (κ2) is 7.00. The Bertz CT molecular complexity index is 734. The first-order chi connectivity index (χ1) is 11.1. The molecule has 124 valence electrons. The summed E-state index contributed by atoms with van der Waals surface area (Å²) in [5.41, 5.74) is 1.25. The number of aryl methyl sites for hydroxylation is 1. The van der Waals surface area contributed by atoms with Crippen LogP contribution in [0.15, 0.2) is 33.5 Å². The summed E-state index contributed by atoms with van der Waals surface area (Å²) in [5, 5.41) is 12.5. The Labute approximate surface area is 134 Å². The summed E-state index contributed by atoms with van der Waals surface area (Å²) in [6.45, 7) is 0.895. The molecular weight excluding hydrogens is 296 g/mol. The molecule has 2 atom stereocenters. The van der Waals surface area contributed by atoms with Gasteiger partial charge in [0.2, 0.25) is 5.91 Å². The number of hydrogen-bond acceptors (Lipinski definition) is 4. The average molecular weight is 318 g/mol. The van der Waals surface area contributed by atoms with Gasteiger partial charge in [-0.3, -0.25) is 9.36 Å². The van der Waals surface area contributed by atoms with Crippen molar-refractivity contribution in [2.24, 2.45) is 5.92 Å². The predicted octanol–water partition coefficient (Wildman–Crippen LogP) is 1.65. The summed E-state index contributed by atoms with van der Waals surface area (Å²) in [6, 6.07) is 7.19. The summed E-state index contributed by atoms with van der Waals surface area (Å²) >= 11 is 0. The van der Waals surface area contributed by atoms with Gasteiger partial charge in [0.05, 0.1) is 11.6 Å². The molecule has 1 aromatic carbocycles. The van der Waals surface area contributed by atoms with Crippen molar-refractivity contribution in [2.75, 3.05) is 6.54 Å². The van der Waals surface area contributed by atoms with Crippen molar-refractivity contribution in [1.82, 2.24) is 9.88 Å². The number of nitrogens with one attached hydrogen (secondary N) is 1. The number of aliphatic hydroxyl groups excluding tert-OH is 1. The van der Waals surface area contributed by atoms with Crippen LogP contribution in [0.3, 0.4) is 0 Å². The fourth-order valence-corrected chi connectivity index (χ4v) is 3.23. The van der Waals surface area contributed by atoms with Crippen LogP contribution in [-0.2, 0) is 11.3 Å². The Kier molecular flexibility index (Phi) is 4.81. The first kappa shape index (κ1) is 15.8. The minimum absolute atomic E-state index is 0.0813. The highest BCUT2D eigenvalue weighted by atomic mass is 16.4. The van der Waals surface area contributed by atoms with E-state index in [9.17, 15) is 14.7 Å². The van der Waals surface area contributed by atoms with Gasteiger partial charge in [-0.25, -0.2) is 4.79 Å². The van der Waals surface area contributed by atoms with Crippen LogP contribution in [0.25, 0.3) is 11.1 Å². The Morgan fingerprint density at radius 1 is 1.35 bits per heavy atom. The van der Waals surface area contributed by atoms with Gasteiger partial charge in [-0.05, 0) is 37.3 Å². The lowest BCUT2D eigenvalue weighted by atomic mass is 9.87. The van der Waals surface area contributed by atoms with Gasteiger partial charge in [-0.15, -0.1) is 0 Å². The normalized spacial score (nSPS) is 21.4. The van der Waals surface area contributed by atoms with E-state index in [0.29, 0.717) is 30.1 Å². The molecule has 1 heterocycles. The summed E-state index contributed by atoms with van der Waals surface area (Å²) in [6.07, 6.45) is 3.68. The van der Waals surface area contributed by atoms with E-state index in [1.165, 1.54) is 4.57 Å². The molecule has 1 aliphatic rings. The van der Waals surface area contributed by atoms with Crippen molar-refractivity contribution in [3.05, 3.63) is 34.8 Å². The summed E-state index contributed by atoms with van der Waals surface area (Å²) in [4.78, 5) is 23.8. The van der Waals surface area contributed by atoms with Gasteiger partial charge >= 0.3 is 5.76 Å². The van der Waals surface area contributed by atoms with E-state index < -0.39 is 5.76 Å². The van der Waals surface area contributed by atoms with Crippen LogP contribution in [0.4, 0.5) is 0 Å². The second-order valence-electron chi connectivity index (χ2n) is 6.23. The predicted molar refractivity (Wildman–Crippen MR) is 86.1 cm³/mol. The van der Waals surface area contributed by atoms with E-state index in [2.05, 4.69) is 5.32 Å². The molecule has 0 saturated heterocycles. The zero-order valence-corrected chi connectivity index (χ0v) is 13.0. The molecule has 2 N–H and O–H groups in total. The number of fused-ring (bicyclic) bond motifs is 1. The van der Waals surface area contributed by atoms with E-state index in [1.54, 1.807) is 12.1 Å². The number of nitrogens with zero attached hydrogens (tertiary/aromatic N) is 1. The van der Waals surface area contributed by atoms with Crippen LogP contribution < -0.4 is 11.1 Å². The van der Waals surface area contributed by atoms with Crippen LogP contribution in [-0.4, -0.2) is 28.2 Å². The van der Waals surface area contributed by atoms with E-state index >= 15 is 0 Å². The topological polar surface area (TPSA) is 84.5 Å². The number of benzene rings is 1. The lowest BCUT2D eigenvalue weighted by Gasteiger charge is -2.25. The van der Waals surface area contributed by atoms with E-state index in [4.69, 9.17) is 4.42 Å². The Morgan fingerprint density at radius 3 is 3.00 bits per heavy atom. The molecule has 6 heteroatoms. The van der Waals surface area contributed by atoms with E-state index in [-0.39, 0.29) is 18.4 Å². The average Bonchev–Trinajstić information content (AvgIpc) is 2.86. The molecule has 2 aromatic rings. The third-order valence-electron chi connectivity index (χ3n) is 4.48. The maximum Gasteiger partial charge on any atom is 0.419 e. The summed E-state index contributed by atoms with van der Waals surface area (Å²) in [7, 11) is 0. The molecule has 1 fully saturated rings. The molecule has 23 heavy (non-hydrogen) atoms. The Balaban J connectivity index is 1.52. The summed E-state index contributed by atoms with van der Waals surface area (Å²) < 4.78 is 6.63. The molecule has 3 rings (SSSR count). The number of aromatic nitrogens is 1. The third-order valence-corrected chi connectivity index (χ3v) is 4.48. The number of oxazole rings is 1. The lowest BCUT2D eigenvalue weighted by Crippen LogP contribution is -2.33. The standard InChI is InChI=1S/C17H22N2O4/c20-13-5-3-4-12(10-13)11-18-16(21)8-9-19-14-6-1-2-7-15(14)23-17(19)22/h1-2,6-7,12-13,20H,3-5,8-11H2,(H,18,21). The highest BCUT2D eigenvalue weighted by molar-refractivity contribution is 5.76. The van der Waals surface area contributed by atoms with Crippen molar-refractivity contribution in [3.8, 4) is 0 Å². The fourth-order valence-electron chi connectivity index (χ4n) is 3.23. The van der Waals surface area contributed by atoms with Gasteiger partial charge < -0.3 is 14.8 Å². The molecule has 6 nitrogen and oxygen atoms in total. The van der Waals surface area contributed by atoms with Gasteiger partial charge in [0, 0.05) is 19.5 Å². The number of carbonyl (C=O) groups is 1. The molecule has 0 aliphatic heterocycles. The zero-order valence-electron chi connectivity index (χ0n) is 13.0. The van der Waals surface area contributed by atoms with Crippen molar-refractivity contribution >= 4 is 17.0 Å². The number of rotatable bonds is 5. The molecule has 0 bridgehead atoms. The van der Waals surface area contributed by atoms with Crippen LogP contribution in [0.5, 0.6) is 0 Å². The Hall–Kier alpha value is -2.08. The highest BCUT2D eigenvalue weighted by Crippen LogP contribution is 2.23. The van der Waals surface area contributed by atoms with Gasteiger partial charge in [0.15, 0.2) is 5.58 Å². The molecule has 0 radical (unpaired) electrons. The molecule has 0 spiro atoms. The van der Waals surface area contributed by atoms with Gasteiger partial charge in [0.25, 0.3) is 0 Å². The van der Waals surface area contributed by atoms with Crippen LogP contribution in [0.1, 0.15) is 32.1 Å². The first-order valence-corrected chi connectivity index (χ1v) is 8.16. The number of amides is 1. The zero-order chi connectivity index (χ0) is 16.2. The molecular formula is C17H22N2O4. The smallest absolute Gasteiger partial charge is 0.408 e. The Morgan fingerprint density at radius 2 is 2.17 bits per heavy atom. The van der Waals surface area contributed by atoms with Gasteiger partial charge in [-0.1, -0.05) is 18.6 Å². The SMILES string of the molecule is O=C(CCn1c(=O)oc2ccccc21)NCC1CCCC(O)C1. The highest BCUT2D eigenvalue weighted by Gasteiger charge is 2.20. The fraction of sp³-hybridized carbons (Fsp3) is 0.529. The minimum atomic E-state index is -0.436. The quantitative estimate of drug-likeness (QED) is 0.878. The van der Waals surface area contributed by atoms with Gasteiger partial charge in [-0.2, -0.15) is 0 Å². The van der Waals surface area contributed by atoms with Crippen molar-refractivity contribution in [2.45, 2.75) is 44.8 Å². The van der Waals surface area contributed by atoms with E-state index in [1.807, 2.05) is 12.1 Å². The number of para-hydroxylation sites is 2. The molecule has 1 saturated carbocycles. The molecule has 1 aromatic heterocycles. The lowest BCUT2D eigenvalue weighted by molar-refractivity contribution is -0.121.